The van der Waals surface area contributed by atoms with Crippen LogP contribution < -0.4 is 5.32 Å². The number of hydrogen-bond donors (Lipinski definition) is 1. The number of amides is 1. The number of nitrogens with zero attached hydrogens (tertiary/aromatic N) is 2. The molecule has 0 unspecified atom stereocenters. The molecule has 1 aliphatic rings. The molecule has 2 aromatic carbocycles. The molecule has 1 amide bonds. The fraction of sp³-hybridized carbons (Fsp3) is 0.312. The Morgan fingerprint density at radius 3 is 2.50 bits per heavy atom. The minimum Gasteiger partial charge on any atom is -0.322 e. The van der Waals surface area contributed by atoms with E-state index >= 15 is 0 Å². The Labute approximate surface area is 234 Å². The van der Waals surface area contributed by atoms with Crippen molar-refractivity contribution in [2.24, 2.45) is 16.3 Å². The molecule has 2 aromatic heterocycles. The van der Waals surface area contributed by atoms with Crippen molar-refractivity contribution in [1.29, 1.82) is 0 Å². The Balaban J connectivity index is 1.52. The molecule has 1 N–H and O–H groups in total. The topological polar surface area (TPSA) is 46.4 Å². The molecular weight excluding hydrogens is 510 g/mol. The lowest BCUT2D eigenvalue weighted by molar-refractivity contribution is 0.102. The van der Waals surface area contributed by atoms with Crippen LogP contribution in [0.5, 0.6) is 0 Å². The Bertz CT molecular complexity index is 1490. The fourth-order valence-electron chi connectivity index (χ4n) is 5.38. The molecule has 0 spiro atoms. The van der Waals surface area contributed by atoms with E-state index in [1.165, 1.54) is 10.4 Å². The number of aliphatic imine (C=N–C) groups is 1. The molecule has 0 saturated heterocycles. The maximum atomic E-state index is 13.6. The standard InChI is InChI=1S/C32H34ClN3OS/c1-20-17-22(21(2)36(20)26-14-12-24(33)13-15-26)19-34-31-29(30(37)35-25-9-7-6-8-10-25)27-16-11-23(32(3,4)5)18-28(27)38-31/h6-10,12-15,17,19,23H,11,16,18H2,1-5H3,(H,35,37)/t23-/m0/s1. The molecule has 2 heterocycles. The third kappa shape index (κ3) is 5.36. The summed E-state index contributed by atoms with van der Waals surface area (Å²) in [6.07, 6.45) is 4.90. The number of anilines is 1. The molecule has 0 aliphatic heterocycles. The summed E-state index contributed by atoms with van der Waals surface area (Å²) < 4.78 is 2.20. The quantitative estimate of drug-likeness (QED) is 0.251. The first-order chi connectivity index (χ1) is 18.1. The number of benzene rings is 2. The van der Waals surface area contributed by atoms with Crippen molar-refractivity contribution < 1.29 is 4.79 Å². The summed E-state index contributed by atoms with van der Waals surface area (Å²) in [5, 5.41) is 4.61. The van der Waals surface area contributed by atoms with Crippen molar-refractivity contribution in [2.75, 3.05) is 5.32 Å². The van der Waals surface area contributed by atoms with Crippen molar-refractivity contribution in [2.45, 2.75) is 53.9 Å². The number of halogens is 1. The second kappa shape index (κ2) is 10.5. The number of nitrogens with one attached hydrogen (secondary N) is 1. The van der Waals surface area contributed by atoms with Gasteiger partial charge >= 0.3 is 0 Å². The van der Waals surface area contributed by atoms with Gasteiger partial charge in [-0.1, -0.05) is 50.6 Å². The van der Waals surface area contributed by atoms with Crippen LogP contribution in [-0.4, -0.2) is 16.7 Å². The zero-order valence-corrected chi connectivity index (χ0v) is 24.2. The second-order valence-corrected chi connectivity index (χ2v) is 12.7. The van der Waals surface area contributed by atoms with Crippen LogP contribution in [0, 0.1) is 25.2 Å². The number of para-hydroxylation sites is 1. The van der Waals surface area contributed by atoms with Crippen LogP contribution in [0.15, 0.2) is 65.7 Å². The lowest BCUT2D eigenvalue weighted by atomic mass is 9.72. The average molecular weight is 544 g/mol. The van der Waals surface area contributed by atoms with Crippen LogP contribution >= 0.6 is 22.9 Å². The van der Waals surface area contributed by atoms with Gasteiger partial charge in [-0.15, -0.1) is 11.3 Å². The first-order valence-electron chi connectivity index (χ1n) is 13.1. The molecule has 196 valence electrons. The van der Waals surface area contributed by atoms with E-state index in [-0.39, 0.29) is 11.3 Å². The van der Waals surface area contributed by atoms with Crippen molar-refractivity contribution >= 4 is 45.7 Å². The second-order valence-electron chi connectivity index (χ2n) is 11.2. The summed E-state index contributed by atoms with van der Waals surface area (Å²) in [6, 6.07) is 19.6. The Hall–Kier alpha value is -3.15. The smallest absolute Gasteiger partial charge is 0.259 e. The Kier molecular flexibility index (Phi) is 7.34. The van der Waals surface area contributed by atoms with E-state index in [1.54, 1.807) is 11.3 Å². The summed E-state index contributed by atoms with van der Waals surface area (Å²) in [5.74, 6) is 0.510. The molecular formula is C32H34ClN3OS. The van der Waals surface area contributed by atoms with Crippen molar-refractivity contribution in [3.63, 3.8) is 0 Å². The van der Waals surface area contributed by atoms with Gasteiger partial charge in [-0.05, 0) is 92.5 Å². The largest absolute Gasteiger partial charge is 0.322 e. The molecule has 6 heteroatoms. The third-order valence-corrected chi connectivity index (χ3v) is 9.02. The van der Waals surface area contributed by atoms with Crippen LogP contribution in [0.1, 0.15) is 64.9 Å². The molecule has 4 nitrogen and oxygen atoms in total. The van der Waals surface area contributed by atoms with Crippen LogP contribution in [0.2, 0.25) is 5.02 Å². The van der Waals surface area contributed by atoms with Gasteiger partial charge in [0, 0.05) is 44.4 Å². The summed E-state index contributed by atoms with van der Waals surface area (Å²) in [4.78, 5) is 19.9. The van der Waals surface area contributed by atoms with E-state index in [2.05, 4.69) is 50.6 Å². The summed E-state index contributed by atoms with van der Waals surface area (Å²) in [7, 11) is 0. The van der Waals surface area contributed by atoms with Gasteiger partial charge in [-0.25, -0.2) is 4.99 Å². The van der Waals surface area contributed by atoms with Crippen molar-refractivity contribution in [3.05, 3.63) is 98.6 Å². The highest BCUT2D eigenvalue weighted by molar-refractivity contribution is 7.16. The molecule has 0 radical (unpaired) electrons. The van der Waals surface area contributed by atoms with Crippen LogP contribution in [0.25, 0.3) is 5.69 Å². The Morgan fingerprint density at radius 1 is 1.11 bits per heavy atom. The fourth-order valence-corrected chi connectivity index (χ4v) is 6.78. The van der Waals surface area contributed by atoms with E-state index in [0.717, 1.165) is 63.2 Å². The normalized spacial score (nSPS) is 15.6. The Morgan fingerprint density at radius 2 is 1.82 bits per heavy atom. The zero-order valence-electron chi connectivity index (χ0n) is 22.6. The van der Waals surface area contributed by atoms with E-state index in [4.69, 9.17) is 16.6 Å². The number of hydrogen-bond acceptors (Lipinski definition) is 3. The lowest BCUT2D eigenvalue weighted by Gasteiger charge is -2.33. The van der Waals surface area contributed by atoms with Crippen molar-refractivity contribution in [3.8, 4) is 5.69 Å². The maximum absolute atomic E-state index is 13.6. The minimum atomic E-state index is -0.0818. The first-order valence-corrected chi connectivity index (χ1v) is 14.3. The third-order valence-electron chi connectivity index (χ3n) is 7.61. The van der Waals surface area contributed by atoms with Gasteiger partial charge in [0.25, 0.3) is 5.91 Å². The average Bonchev–Trinajstić information content (AvgIpc) is 3.39. The number of rotatable bonds is 5. The maximum Gasteiger partial charge on any atom is 0.259 e. The molecule has 0 saturated carbocycles. The highest BCUT2D eigenvalue weighted by atomic mass is 35.5. The van der Waals surface area contributed by atoms with E-state index in [0.29, 0.717) is 5.92 Å². The SMILES string of the molecule is Cc1cc(C=Nc2sc3c(c2C(=O)Nc2ccccc2)CC[C@H](C(C)(C)C)C3)c(C)n1-c1ccc(Cl)cc1. The molecule has 1 aliphatic carbocycles. The predicted octanol–water partition coefficient (Wildman–Crippen LogP) is 8.96. The van der Waals surface area contributed by atoms with Crippen LogP contribution in [0.4, 0.5) is 10.7 Å². The molecule has 0 bridgehead atoms. The summed E-state index contributed by atoms with van der Waals surface area (Å²) in [5.41, 5.74) is 7.23. The number of fused-ring (bicyclic) bond motifs is 1. The minimum absolute atomic E-state index is 0.0818. The van der Waals surface area contributed by atoms with Crippen LogP contribution in [-0.2, 0) is 12.8 Å². The molecule has 38 heavy (non-hydrogen) atoms. The lowest BCUT2D eigenvalue weighted by Crippen LogP contribution is -2.27. The van der Waals surface area contributed by atoms with Crippen molar-refractivity contribution in [1.82, 2.24) is 4.57 Å². The summed E-state index contributed by atoms with van der Waals surface area (Å²) in [6.45, 7) is 11.1. The van der Waals surface area contributed by atoms with E-state index in [9.17, 15) is 4.79 Å². The monoisotopic (exact) mass is 543 g/mol. The predicted molar refractivity (Wildman–Crippen MR) is 161 cm³/mol. The van der Waals surface area contributed by atoms with Gasteiger partial charge < -0.3 is 9.88 Å². The highest BCUT2D eigenvalue weighted by Crippen LogP contribution is 2.45. The molecule has 1 atom stereocenters. The number of carbonyl (C=O) groups is 1. The van der Waals surface area contributed by atoms with Gasteiger partial charge in [-0.3, -0.25) is 4.79 Å². The van der Waals surface area contributed by atoms with E-state index < -0.39 is 0 Å². The number of aryl methyl sites for hydroxylation is 1. The summed E-state index contributed by atoms with van der Waals surface area (Å²) >= 11 is 7.78. The molecule has 0 fully saturated rings. The highest BCUT2D eigenvalue weighted by Gasteiger charge is 2.33. The molecule has 5 rings (SSSR count). The number of carbonyl (C=O) groups excluding carboxylic acids is 1. The zero-order chi connectivity index (χ0) is 27.0. The van der Waals surface area contributed by atoms with Gasteiger partial charge in [0.1, 0.15) is 5.00 Å². The van der Waals surface area contributed by atoms with Gasteiger partial charge in [0.2, 0.25) is 0 Å². The van der Waals surface area contributed by atoms with Gasteiger partial charge in [0.15, 0.2) is 0 Å². The van der Waals surface area contributed by atoms with Crippen LogP contribution in [0.3, 0.4) is 0 Å². The van der Waals surface area contributed by atoms with Gasteiger partial charge in [0.05, 0.1) is 5.56 Å². The first kappa shape index (κ1) is 26.5. The van der Waals surface area contributed by atoms with E-state index in [1.807, 2.05) is 60.8 Å². The number of thiophene rings is 1. The van der Waals surface area contributed by atoms with Gasteiger partial charge in [-0.2, -0.15) is 0 Å². The number of aromatic nitrogens is 1. The molecule has 4 aromatic rings.